The van der Waals surface area contributed by atoms with Crippen LogP contribution in [0.5, 0.6) is 0 Å². The van der Waals surface area contributed by atoms with E-state index < -0.39 is 6.04 Å². The third-order valence-electron chi connectivity index (χ3n) is 3.88. The van der Waals surface area contributed by atoms with E-state index in [0.29, 0.717) is 11.3 Å². The van der Waals surface area contributed by atoms with E-state index in [1.54, 1.807) is 12.1 Å². The molecule has 2 aromatic heterocycles. The van der Waals surface area contributed by atoms with Crippen LogP contribution in [-0.4, -0.2) is 21.1 Å². The standard InChI is InChI=1S/C17H18FN5OS/c1-9-15(10(2)23-22-9)16(19)17(24)20-7-14-21-13(8-25-14)11-3-5-12(18)6-4-11/h3-6,8,16H,7,19H2,1-2H3,(H,20,24)(H,22,23). The fraction of sp³-hybridized carbons (Fsp3) is 0.235. The smallest absolute Gasteiger partial charge is 0.242 e. The van der Waals surface area contributed by atoms with Crippen molar-refractivity contribution >= 4 is 17.2 Å². The van der Waals surface area contributed by atoms with Crippen molar-refractivity contribution in [1.82, 2.24) is 20.5 Å². The van der Waals surface area contributed by atoms with Crippen LogP contribution >= 0.6 is 11.3 Å². The average Bonchev–Trinajstić information content (AvgIpc) is 3.19. The molecule has 0 spiro atoms. The van der Waals surface area contributed by atoms with Gasteiger partial charge in [-0.05, 0) is 38.1 Å². The summed E-state index contributed by atoms with van der Waals surface area (Å²) in [5.74, 6) is -0.573. The van der Waals surface area contributed by atoms with Crippen molar-refractivity contribution in [2.24, 2.45) is 5.73 Å². The lowest BCUT2D eigenvalue weighted by molar-refractivity contribution is -0.122. The second-order valence-corrected chi connectivity index (χ2v) is 6.62. The first kappa shape index (κ1) is 17.2. The lowest BCUT2D eigenvalue weighted by Crippen LogP contribution is -2.34. The largest absolute Gasteiger partial charge is 0.348 e. The number of nitrogens with zero attached hydrogens (tertiary/aromatic N) is 2. The van der Waals surface area contributed by atoms with Gasteiger partial charge in [0.25, 0.3) is 0 Å². The van der Waals surface area contributed by atoms with Crippen LogP contribution in [0.2, 0.25) is 0 Å². The van der Waals surface area contributed by atoms with Crippen molar-refractivity contribution in [1.29, 1.82) is 0 Å². The highest BCUT2D eigenvalue weighted by Gasteiger charge is 2.21. The molecule has 8 heteroatoms. The first-order chi connectivity index (χ1) is 12.0. The van der Waals surface area contributed by atoms with E-state index in [-0.39, 0.29) is 18.3 Å². The summed E-state index contributed by atoms with van der Waals surface area (Å²) in [4.78, 5) is 16.8. The molecular weight excluding hydrogens is 341 g/mol. The van der Waals surface area contributed by atoms with Crippen LogP contribution in [0.15, 0.2) is 29.6 Å². The molecule has 0 fully saturated rings. The van der Waals surface area contributed by atoms with E-state index in [9.17, 15) is 9.18 Å². The van der Waals surface area contributed by atoms with Gasteiger partial charge in [-0.25, -0.2) is 9.37 Å². The van der Waals surface area contributed by atoms with Crippen molar-refractivity contribution in [3.8, 4) is 11.3 Å². The van der Waals surface area contributed by atoms with Crippen LogP contribution in [0.1, 0.15) is 28.0 Å². The van der Waals surface area contributed by atoms with Gasteiger partial charge in [-0.15, -0.1) is 11.3 Å². The molecule has 25 heavy (non-hydrogen) atoms. The molecule has 6 nitrogen and oxygen atoms in total. The Morgan fingerprint density at radius 3 is 2.72 bits per heavy atom. The summed E-state index contributed by atoms with van der Waals surface area (Å²) in [5, 5.41) is 12.3. The maximum atomic E-state index is 13.0. The van der Waals surface area contributed by atoms with E-state index in [1.165, 1.54) is 23.5 Å². The van der Waals surface area contributed by atoms with Gasteiger partial charge in [0.15, 0.2) is 0 Å². The first-order valence-electron chi connectivity index (χ1n) is 7.71. The van der Waals surface area contributed by atoms with Crippen LogP contribution in [0.4, 0.5) is 4.39 Å². The van der Waals surface area contributed by atoms with Gasteiger partial charge in [0.05, 0.1) is 17.9 Å². The Morgan fingerprint density at radius 2 is 2.08 bits per heavy atom. The molecule has 0 bridgehead atoms. The monoisotopic (exact) mass is 359 g/mol. The van der Waals surface area contributed by atoms with Gasteiger partial charge in [-0.1, -0.05) is 0 Å². The van der Waals surface area contributed by atoms with Gasteiger partial charge < -0.3 is 11.1 Å². The first-order valence-corrected chi connectivity index (χ1v) is 8.58. The van der Waals surface area contributed by atoms with Crippen molar-refractivity contribution in [3.63, 3.8) is 0 Å². The Morgan fingerprint density at radius 1 is 1.36 bits per heavy atom. The number of hydrogen-bond acceptors (Lipinski definition) is 5. The van der Waals surface area contributed by atoms with Crippen LogP contribution < -0.4 is 11.1 Å². The van der Waals surface area contributed by atoms with E-state index in [0.717, 1.165) is 22.0 Å². The molecule has 1 amide bonds. The molecule has 0 aliphatic heterocycles. The molecule has 3 aromatic rings. The van der Waals surface area contributed by atoms with Crippen LogP contribution in [0.3, 0.4) is 0 Å². The molecule has 130 valence electrons. The molecular formula is C17H18FN5OS. The summed E-state index contributed by atoms with van der Waals surface area (Å²) in [7, 11) is 0. The Labute approximate surface area is 148 Å². The summed E-state index contributed by atoms with van der Waals surface area (Å²) in [5.41, 5.74) is 9.83. The minimum absolute atomic E-state index is 0.286. The van der Waals surface area contributed by atoms with Crippen molar-refractivity contribution in [3.05, 3.63) is 57.4 Å². The van der Waals surface area contributed by atoms with Gasteiger partial charge in [0.2, 0.25) is 5.91 Å². The van der Waals surface area contributed by atoms with Gasteiger partial charge >= 0.3 is 0 Å². The number of hydrogen-bond donors (Lipinski definition) is 3. The number of nitrogens with one attached hydrogen (secondary N) is 2. The minimum Gasteiger partial charge on any atom is -0.348 e. The molecule has 1 atom stereocenters. The highest BCUT2D eigenvalue weighted by atomic mass is 32.1. The number of H-pyrrole nitrogens is 1. The molecule has 2 heterocycles. The quantitative estimate of drug-likeness (QED) is 0.652. The summed E-state index contributed by atoms with van der Waals surface area (Å²) < 4.78 is 13.0. The van der Waals surface area contributed by atoms with E-state index in [1.807, 2.05) is 19.2 Å². The molecule has 0 saturated carbocycles. The second-order valence-electron chi connectivity index (χ2n) is 5.68. The Bertz CT molecular complexity index is 867. The fourth-order valence-electron chi connectivity index (χ4n) is 2.57. The number of carbonyl (C=O) groups is 1. The average molecular weight is 359 g/mol. The van der Waals surface area contributed by atoms with E-state index >= 15 is 0 Å². The van der Waals surface area contributed by atoms with Gasteiger partial charge in [-0.3, -0.25) is 9.89 Å². The summed E-state index contributed by atoms with van der Waals surface area (Å²) in [6.07, 6.45) is 0. The molecule has 0 aliphatic rings. The van der Waals surface area contributed by atoms with Crippen LogP contribution in [0, 0.1) is 19.7 Å². The highest BCUT2D eigenvalue weighted by Crippen LogP contribution is 2.22. The molecule has 3 rings (SSSR count). The SMILES string of the molecule is Cc1n[nH]c(C)c1C(N)C(=O)NCc1nc(-c2ccc(F)cc2)cs1. The fourth-order valence-corrected chi connectivity index (χ4v) is 3.31. The molecule has 4 N–H and O–H groups in total. The Kier molecular flexibility index (Phi) is 4.91. The number of nitrogens with two attached hydrogens (primary N) is 1. The summed E-state index contributed by atoms with van der Waals surface area (Å²) in [6.45, 7) is 3.92. The number of aromatic nitrogens is 3. The molecule has 1 aromatic carbocycles. The number of aryl methyl sites for hydroxylation is 2. The zero-order valence-corrected chi connectivity index (χ0v) is 14.7. The second kappa shape index (κ2) is 7.12. The van der Waals surface area contributed by atoms with Gasteiger partial charge in [0.1, 0.15) is 16.9 Å². The maximum Gasteiger partial charge on any atom is 0.242 e. The minimum atomic E-state index is -0.782. The number of halogens is 1. The highest BCUT2D eigenvalue weighted by molar-refractivity contribution is 7.09. The van der Waals surface area contributed by atoms with Gasteiger partial charge in [0, 0.05) is 22.2 Å². The number of carbonyl (C=O) groups excluding carboxylic acids is 1. The van der Waals surface area contributed by atoms with Gasteiger partial charge in [-0.2, -0.15) is 5.10 Å². The summed E-state index contributed by atoms with van der Waals surface area (Å²) >= 11 is 1.43. The topological polar surface area (TPSA) is 96.7 Å². The number of rotatable bonds is 5. The molecule has 1 unspecified atom stereocenters. The van der Waals surface area contributed by atoms with Crippen LogP contribution in [0.25, 0.3) is 11.3 Å². The molecule has 0 aliphatic carbocycles. The number of aromatic amines is 1. The van der Waals surface area contributed by atoms with E-state index in [4.69, 9.17) is 5.73 Å². The third kappa shape index (κ3) is 3.75. The Hall–Kier alpha value is -2.58. The molecule has 0 saturated heterocycles. The Balaban J connectivity index is 1.64. The van der Waals surface area contributed by atoms with Crippen LogP contribution in [-0.2, 0) is 11.3 Å². The number of amides is 1. The third-order valence-corrected chi connectivity index (χ3v) is 4.73. The lowest BCUT2D eigenvalue weighted by atomic mass is 10.1. The zero-order valence-electron chi connectivity index (χ0n) is 13.8. The normalized spacial score (nSPS) is 12.2. The maximum absolute atomic E-state index is 13.0. The zero-order chi connectivity index (χ0) is 18.0. The lowest BCUT2D eigenvalue weighted by Gasteiger charge is -2.12. The number of thiazole rings is 1. The van der Waals surface area contributed by atoms with Crippen molar-refractivity contribution in [2.45, 2.75) is 26.4 Å². The van der Waals surface area contributed by atoms with Crippen molar-refractivity contribution in [2.75, 3.05) is 0 Å². The molecule has 0 radical (unpaired) electrons. The number of benzene rings is 1. The van der Waals surface area contributed by atoms with Crippen molar-refractivity contribution < 1.29 is 9.18 Å². The predicted molar refractivity (Wildman–Crippen MR) is 94.3 cm³/mol. The summed E-state index contributed by atoms with van der Waals surface area (Å²) in [6, 6.07) is 5.35. The van der Waals surface area contributed by atoms with E-state index in [2.05, 4.69) is 20.5 Å². The predicted octanol–water partition coefficient (Wildman–Crippen LogP) is 2.61.